The molecule has 0 spiro atoms. The first-order chi connectivity index (χ1) is 10.1. The van der Waals surface area contributed by atoms with Crippen molar-refractivity contribution >= 4 is 11.9 Å². The molecule has 0 aliphatic heterocycles. The first-order valence-corrected chi connectivity index (χ1v) is 6.34. The summed E-state index contributed by atoms with van der Waals surface area (Å²) in [5.74, 6) is 0.714. The molecule has 0 aliphatic rings. The molecule has 0 atom stereocenters. The number of carbonyl (C=O) groups excluding carboxylic acids is 1. The minimum atomic E-state index is -0.368. The van der Waals surface area contributed by atoms with Gasteiger partial charge in [-0.05, 0) is 48.6 Å². The Morgan fingerprint density at radius 2 is 1.76 bits per heavy atom. The van der Waals surface area contributed by atoms with Crippen LogP contribution in [0.3, 0.4) is 0 Å². The summed E-state index contributed by atoms with van der Waals surface area (Å²) in [6.07, 6.45) is 3.08. The van der Waals surface area contributed by atoms with Gasteiger partial charge in [0, 0.05) is 17.2 Å². The van der Waals surface area contributed by atoms with Gasteiger partial charge in [-0.3, -0.25) is 4.79 Å². The predicted octanol–water partition coefficient (Wildman–Crippen LogP) is 3.74. The highest BCUT2D eigenvalue weighted by atomic mass is 19.1. The SMILES string of the molecule is COc1ccc(/C=C/C(=O)c2ccc(F)cc2)c(OC)c1. The fourth-order valence-corrected chi connectivity index (χ4v) is 1.83. The van der Waals surface area contributed by atoms with Crippen molar-refractivity contribution < 1.29 is 18.7 Å². The lowest BCUT2D eigenvalue weighted by atomic mass is 10.1. The number of allylic oxidation sites excluding steroid dienone is 1. The van der Waals surface area contributed by atoms with Crippen molar-refractivity contribution in [1.82, 2.24) is 0 Å². The molecule has 0 saturated carbocycles. The zero-order valence-corrected chi connectivity index (χ0v) is 11.8. The monoisotopic (exact) mass is 286 g/mol. The molecule has 0 aromatic heterocycles. The third-order valence-electron chi connectivity index (χ3n) is 2.98. The summed E-state index contributed by atoms with van der Waals surface area (Å²) < 4.78 is 23.2. The third kappa shape index (κ3) is 3.69. The van der Waals surface area contributed by atoms with E-state index in [2.05, 4.69) is 0 Å². The zero-order chi connectivity index (χ0) is 15.2. The van der Waals surface area contributed by atoms with Crippen LogP contribution < -0.4 is 9.47 Å². The lowest BCUT2D eigenvalue weighted by Gasteiger charge is -2.07. The topological polar surface area (TPSA) is 35.5 Å². The van der Waals surface area contributed by atoms with Gasteiger partial charge in [-0.25, -0.2) is 4.39 Å². The standard InChI is InChI=1S/C17H15FO3/c1-20-15-9-5-13(17(11-15)21-2)6-10-16(19)12-3-7-14(18)8-4-12/h3-11H,1-2H3/b10-6+. The molecule has 0 unspecified atom stereocenters. The highest BCUT2D eigenvalue weighted by molar-refractivity contribution is 6.06. The van der Waals surface area contributed by atoms with E-state index in [1.165, 1.54) is 30.3 Å². The Balaban J connectivity index is 2.20. The van der Waals surface area contributed by atoms with Crippen molar-refractivity contribution in [3.63, 3.8) is 0 Å². The van der Waals surface area contributed by atoms with Crippen LogP contribution in [0.15, 0.2) is 48.5 Å². The lowest BCUT2D eigenvalue weighted by molar-refractivity contribution is 0.104. The van der Waals surface area contributed by atoms with Gasteiger partial charge >= 0.3 is 0 Å². The van der Waals surface area contributed by atoms with E-state index in [1.54, 1.807) is 38.5 Å². The van der Waals surface area contributed by atoms with Crippen molar-refractivity contribution in [3.8, 4) is 11.5 Å². The Kier molecular flexibility index (Phi) is 4.72. The predicted molar refractivity (Wildman–Crippen MR) is 79.3 cm³/mol. The van der Waals surface area contributed by atoms with E-state index in [-0.39, 0.29) is 11.6 Å². The number of carbonyl (C=O) groups is 1. The lowest BCUT2D eigenvalue weighted by Crippen LogP contribution is -1.94. The molecule has 3 nitrogen and oxygen atoms in total. The van der Waals surface area contributed by atoms with E-state index >= 15 is 0 Å². The number of hydrogen-bond acceptors (Lipinski definition) is 3. The van der Waals surface area contributed by atoms with Crippen LogP contribution in [-0.4, -0.2) is 20.0 Å². The first-order valence-electron chi connectivity index (χ1n) is 6.34. The van der Waals surface area contributed by atoms with Crippen molar-refractivity contribution in [2.45, 2.75) is 0 Å². The number of halogens is 1. The maximum atomic E-state index is 12.8. The normalized spacial score (nSPS) is 10.6. The summed E-state index contributed by atoms with van der Waals surface area (Å²) in [6.45, 7) is 0. The zero-order valence-electron chi connectivity index (χ0n) is 11.8. The van der Waals surface area contributed by atoms with Crippen LogP contribution in [0.25, 0.3) is 6.08 Å². The number of ketones is 1. The quantitative estimate of drug-likeness (QED) is 0.620. The Hall–Kier alpha value is -2.62. The fraction of sp³-hybridized carbons (Fsp3) is 0.118. The molecular formula is C17H15FO3. The number of methoxy groups -OCH3 is 2. The first kappa shape index (κ1) is 14.8. The Bertz CT molecular complexity index is 660. The molecule has 0 fully saturated rings. The van der Waals surface area contributed by atoms with E-state index in [9.17, 15) is 9.18 Å². The molecule has 0 radical (unpaired) electrons. The van der Waals surface area contributed by atoms with E-state index in [0.29, 0.717) is 17.1 Å². The van der Waals surface area contributed by atoms with E-state index in [0.717, 1.165) is 5.56 Å². The Morgan fingerprint density at radius 3 is 2.38 bits per heavy atom. The molecule has 0 N–H and O–H groups in total. The van der Waals surface area contributed by atoms with Crippen molar-refractivity contribution in [2.24, 2.45) is 0 Å². The minimum absolute atomic E-state index is 0.201. The highest BCUT2D eigenvalue weighted by Crippen LogP contribution is 2.25. The van der Waals surface area contributed by atoms with Gasteiger partial charge < -0.3 is 9.47 Å². The molecule has 0 amide bonds. The van der Waals surface area contributed by atoms with E-state index in [4.69, 9.17) is 9.47 Å². The van der Waals surface area contributed by atoms with Gasteiger partial charge in [0.25, 0.3) is 0 Å². The van der Waals surface area contributed by atoms with Crippen LogP contribution in [0, 0.1) is 5.82 Å². The molecule has 2 aromatic carbocycles. The van der Waals surface area contributed by atoms with Crippen molar-refractivity contribution in [1.29, 1.82) is 0 Å². The summed E-state index contributed by atoms with van der Waals surface area (Å²) in [4.78, 5) is 12.0. The Morgan fingerprint density at radius 1 is 1.05 bits per heavy atom. The van der Waals surface area contributed by atoms with Crippen LogP contribution in [0.5, 0.6) is 11.5 Å². The summed E-state index contributed by atoms with van der Waals surface area (Å²) >= 11 is 0. The van der Waals surface area contributed by atoms with Crippen molar-refractivity contribution in [3.05, 3.63) is 65.5 Å². The summed E-state index contributed by atoms with van der Waals surface area (Å²) in [5, 5.41) is 0. The van der Waals surface area contributed by atoms with Crippen LogP contribution in [0.2, 0.25) is 0 Å². The fourth-order valence-electron chi connectivity index (χ4n) is 1.83. The van der Waals surface area contributed by atoms with Crippen LogP contribution >= 0.6 is 0 Å². The molecule has 2 rings (SSSR count). The second-order valence-corrected chi connectivity index (χ2v) is 4.31. The maximum Gasteiger partial charge on any atom is 0.185 e. The van der Waals surface area contributed by atoms with Crippen molar-refractivity contribution in [2.75, 3.05) is 14.2 Å². The average Bonchev–Trinajstić information content (AvgIpc) is 2.53. The molecule has 4 heteroatoms. The molecule has 21 heavy (non-hydrogen) atoms. The second kappa shape index (κ2) is 6.70. The van der Waals surface area contributed by atoms with Gasteiger partial charge in [0.15, 0.2) is 5.78 Å². The Labute approximate surface area is 122 Å². The van der Waals surface area contributed by atoms with Crippen LogP contribution in [0.4, 0.5) is 4.39 Å². The molecular weight excluding hydrogens is 271 g/mol. The molecule has 0 aliphatic carbocycles. The number of benzene rings is 2. The molecule has 2 aromatic rings. The van der Waals surface area contributed by atoms with Crippen LogP contribution in [-0.2, 0) is 0 Å². The third-order valence-corrected chi connectivity index (χ3v) is 2.98. The summed E-state index contributed by atoms with van der Waals surface area (Å²) in [6, 6.07) is 10.7. The summed E-state index contributed by atoms with van der Waals surface area (Å²) in [7, 11) is 3.12. The number of ether oxygens (including phenoxy) is 2. The highest BCUT2D eigenvalue weighted by Gasteiger charge is 2.05. The number of hydrogen-bond donors (Lipinski definition) is 0. The molecule has 0 saturated heterocycles. The van der Waals surface area contributed by atoms with E-state index < -0.39 is 0 Å². The smallest absolute Gasteiger partial charge is 0.185 e. The van der Waals surface area contributed by atoms with Crippen LogP contribution in [0.1, 0.15) is 15.9 Å². The van der Waals surface area contributed by atoms with Gasteiger partial charge in [0.2, 0.25) is 0 Å². The van der Waals surface area contributed by atoms with E-state index in [1.807, 2.05) is 0 Å². The second-order valence-electron chi connectivity index (χ2n) is 4.31. The van der Waals surface area contributed by atoms with Gasteiger partial charge in [0.05, 0.1) is 14.2 Å². The molecule has 0 heterocycles. The molecule has 108 valence electrons. The molecule has 0 bridgehead atoms. The van der Waals surface area contributed by atoms with Gasteiger partial charge in [-0.15, -0.1) is 0 Å². The average molecular weight is 286 g/mol. The maximum absolute atomic E-state index is 12.8. The summed E-state index contributed by atoms with van der Waals surface area (Å²) in [5.41, 5.74) is 1.19. The largest absolute Gasteiger partial charge is 0.497 e. The van der Waals surface area contributed by atoms with Gasteiger partial charge in [-0.1, -0.05) is 0 Å². The number of rotatable bonds is 5. The minimum Gasteiger partial charge on any atom is -0.497 e. The van der Waals surface area contributed by atoms with Gasteiger partial charge in [0.1, 0.15) is 17.3 Å². The van der Waals surface area contributed by atoms with Gasteiger partial charge in [-0.2, -0.15) is 0 Å².